The molecule has 0 bridgehead atoms. The van der Waals surface area contributed by atoms with E-state index in [1.165, 1.54) is 6.92 Å². The van der Waals surface area contributed by atoms with Crippen LogP contribution in [-0.2, 0) is 11.3 Å². The quantitative estimate of drug-likeness (QED) is 0.811. The van der Waals surface area contributed by atoms with Crippen LogP contribution in [0.25, 0.3) is 0 Å². The van der Waals surface area contributed by atoms with Crippen LogP contribution in [0.3, 0.4) is 0 Å². The summed E-state index contributed by atoms with van der Waals surface area (Å²) < 4.78 is 0. The van der Waals surface area contributed by atoms with Gasteiger partial charge in [0.05, 0.1) is 12.2 Å². The van der Waals surface area contributed by atoms with Crippen LogP contribution < -0.4 is 16.0 Å². The summed E-state index contributed by atoms with van der Waals surface area (Å²) in [6, 6.07) is 10.5. The zero-order valence-electron chi connectivity index (χ0n) is 12.5. The van der Waals surface area contributed by atoms with Gasteiger partial charge in [-0.15, -0.1) is 0 Å². The molecule has 1 aromatic heterocycles. The van der Waals surface area contributed by atoms with E-state index in [0.717, 1.165) is 11.3 Å². The molecular formula is C16H18N4O2. The van der Waals surface area contributed by atoms with Gasteiger partial charge in [0.2, 0.25) is 5.91 Å². The monoisotopic (exact) mass is 298 g/mol. The summed E-state index contributed by atoms with van der Waals surface area (Å²) in [6.07, 6.45) is 1.68. The molecule has 0 aliphatic heterocycles. The van der Waals surface area contributed by atoms with Crippen LogP contribution in [0.4, 0.5) is 16.2 Å². The molecule has 6 nitrogen and oxygen atoms in total. The molecular weight excluding hydrogens is 280 g/mol. The van der Waals surface area contributed by atoms with Crippen molar-refractivity contribution in [1.29, 1.82) is 0 Å². The second kappa shape index (κ2) is 7.21. The topological polar surface area (TPSA) is 83.1 Å². The summed E-state index contributed by atoms with van der Waals surface area (Å²) in [6.45, 7) is 3.67. The number of carbonyl (C=O) groups excluding carboxylic acids is 2. The van der Waals surface area contributed by atoms with Gasteiger partial charge in [0, 0.05) is 24.5 Å². The van der Waals surface area contributed by atoms with E-state index in [1.54, 1.807) is 18.3 Å². The molecule has 0 aliphatic rings. The largest absolute Gasteiger partial charge is 0.332 e. The molecule has 114 valence electrons. The second-order valence-electron chi connectivity index (χ2n) is 4.84. The van der Waals surface area contributed by atoms with Crippen LogP contribution in [-0.4, -0.2) is 16.9 Å². The van der Waals surface area contributed by atoms with Gasteiger partial charge in [-0.3, -0.25) is 9.78 Å². The normalized spacial score (nSPS) is 9.91. The lowest BCUT2D eigenvalue weighted by Crippen LogP contribution is -2.28. The van der Waals surface area contributed by atoms with E-state index in [2.05, 4.69) is 20.9 Å². The highest BCUT2D eigenvalue weighted by atomic mass is 16.2. The third kappa shape index (κ3) is 4.59. The Hall–Kier alpha value is -2.89. The Bertz CT molecular complexity index is 671. The first-order valence-corrected chi connectivity index (χ1v) is 6.87. The fourth-order valence-electron chi connectivity index (χ4n) is 1.87. The summed E-state index contributed by atoms with van der Waals surface area (Å²) in [5.74, 6) is -0.153. The minimum atomic E-state index is -0.330. The number of urea groups is 1. The van der Waals surface area contributed by atoms with Crippen LogP contribution in [0.5, 0.6) is 0 Å². The van der Waals surface area contributed by atoms with Gasteiger partial charge in [0.25, 0.3) is 0 Å². The molecule has 22 heavy (non-hydrogen) atoms. The maximum Gasteiger partial charge on any atom is 0.319 e. The zero-order valence-corrected chi connectivity index (χ0v) is 12.5. The number of nitrogens with one attached hydrogen (secondary N) is 3. The number of aromatic nitrogens is 1. The average Bonchev–Trinajstić information content (AvgIpc) is 2.49. The van der Waals surface area contributed by atoms with E-state index < -0.39 is 0 Å². The first-order valence-electron chi connectivity index (χ1n) is 6.87. The Morgan fingerprint density at radius 2 is 1.95 bits per heavy atom. The Balaban J connectivity index is 1.95. The van der Waals surface area contributed by atoms with Gasteiger partial charge < -0.3 is 16.0 Å². The lowest BCUT2D eigenvalue weighted by molar-refractivity contribution is -0.114. The van der Waals surface area contributed by atoms with Gasteiger partial charge in [-0.1, -0.05) is 12.1 Å². The summed E-state index contributed by atoms with van der Waals surface area (Å²) in [4.78, 5) is 27.1. The number of hydrogen-bond acceptors (Lipinski definition) is 3. The highest BCUT2D eigenvalue weighted by Crippen LogP contribution is 2.20. The maximum absolute atomic E-state index is 11.9. The Morgan fingerprint density at radius 1 is 1.14 bits per heavy atom. The maximum atomic E-state index is 11.9. The fourth-order valence-corrected chi connectivity index (χ4v) is 1.87. The van der Waals surface area contributed by atoms with E-state index in [9.17, 15) is 9.59 Å². The molecule has 6 heteroatoms. The van der Waals surface area contributed by atoms with Crippen LogP contribution in [0.15, 0.2) is 42.6 Å². The number of aryl methyl sites for hydroxylation is 1. The lowest BCUT2D eigenvalue weighted by atomic mass is 10.2. The molecule has 3 amide bonds. The van der Waals surface area contributed by atoms with Gasteiger partial charge in [-0.25, -0.2) is 4.79 Å². The number of anilines is 2. The molecule has 1 aromatic carbocycles. The molecule has 0 aliphatic carbocycles. The van der Waals surface area contributed by atoms with Crippen molar-refractivity contribution in [2.45, 2.75) is 20.4 Å². The molecule has 0 unspecified atom stereocenters. The summed E-state index contributed by atoms with van der Waals surface area (Å²) in [5, 5.41) is 8.17. The molecule has 1 heterocycles. The van der Waals surface area contributed by atoms with E-state index >= 15 is 0 Å². The van der Waals surface area contributed by atoms with Gasteiger partial charge in [0.1, 0.15) is 0 Å². The fraction of sp³-hybridized carbons (Fsp3) is 0.188. The number of nitrogens with zero attached hydrogens (tertiary/aromatic N) is 1. The van der Waals surface area contributed by atoms with Crippen molar-refractivity contribution in [1.82, 2.24) is 10.3 Å². The Labute approximate surface area is 129 Å². The van der Waals surface area contributed by atoms with Gasteiger partial charge in [-0.05, 0) is 36.8 Å². The highest BCUT2D eigenvalue weighted by Gasteiger charge is 2.05. The number of benzene rings is 1. The smallest absolute Gasteiger partial charge is 0.319 e. The van der Waals surface area contributed by atoms with Crippen LogP contribution in [0.2, 0.25) is 0 Å². The van der Waals surface area contributed by atoms with Crippen molar-refractivity contribution >= 4 is 23.3 Å². The molecule has 0 radical (unpaired) electrons. The predicted molar refractivity (Wildman–Crippen MR) is 85.6 cm³/mol. The third-order valence-corrected chi connectivity index (χ3v) is 2.96. The standard InChI is InChI=1S/C16H18N4O2/c1-11-6-7-13(9-15(11)19-12(2)21)20-16(22)18-10-14-5-3-4-8-17-14/h3-9H,10H2,1-2H3,(H,19,21)(H2,18,20,22). The van der Waals surface area contributed by atoms with Gasteiger partial charge in [-0.2, -0.15) is 0 Å². The third-order valence-electron chi connectivity index (χ3n) is 2.96. The van der Waals surface area contributed by atoms with Gasteiger partial charge >= 0.3 is 6.03 Å². The number of rotatable bonds is 4. The number of carbonyl (C=O) groups is 2. The highest BCUT2D eigenvalue weighted by molar-refractivity contribution is 5.93. The minimum absolute atomic E-state index is 0.153. The zero-order chi connectivity index (χ0) is 15.9. The van der Waals surface area contributed by atoms with Crippen molar-refractivity contribution in [3.63, 3.8) is 0 Å². The van der Waals surface area contributed by atoms with E-state index in [0.29, 0.717) is 17.9 Å². The first kappa shape index (κ1) is 15.5. The van der Waals surface area contributed by atoms with Crippen LogP contribution in [0.1, 0.15) is 18.2 Å². The van der Waals surface area contributed by atoms with E-state index in [-0.39, 0.29) is 11.9 Å². The molecule has 0 saturated carbocycles. The van der Waals surface area contributed by atoms with E-state index in [1.807, 2.05) is 31.2 Å². The second-order valence-corrected chi connectivity index (χ2v) is 4.84. The molecule has 0 spiro atoms. The first-order chi connectivity index (χ1) is 10.5. The molecule has 0 fully saturated rings. The summed E-state index contributed by atoms with van der Waals surface area (Å²) in [5.41, 5.74) is 2.98. The predicted octanol–water partition coefficient (Wildman–Crippen LogP) is 2.67. The van der Waals surface area contributed by atoms with Gasteiger partial charge in [0.15, 0.2) is 0 Å². The van der Waals surface area contributed by atoms with Crippen molar-refractivity contribution in [2.75, 3.05) is 10.6 Å². The molecule has 0 atom stereocenters. The number of pyridine rings is 1. The van der Waals surface area contributed by atoms with Crippen molar-refractivity contribution < 1.29 is 9.59 Å². The number of amides is 3. The van der Waals surface area contributed by atoms with Crippen molar-refractivity contribution in [3.8, 4) is 0 Å². The van der Waals surface area contributed by atoms with Crippen molar-refractivity contribution in [3.05, 3.63) is 53.9 Å². The van der Waals surface area contributed by atoms with Crippen LogP contribution >= 0.6 is 0 Å². The number of hydrogen-bond donors (Lipinski definition) is 3. The van der Waals surface area contributed by atoms with E-state index in [4.69, 9.17) is 0 Å². The molecule has 3 N–H and O–H groups in total. The molecule has 2 rings (SSSR count). The van der Waals surface area contributed by atoms with Crippen molar-refractivity contribution in [2.24, 2.45) is 0 Å². The minimum Gasteiger partial charge on any atom is -0.332 e. The molecule has 2 aromatic rings. The SMILES string of the molecule is CC(=O)Nc1cc(NC(=O)NCc2ccccn2)ccc1C. The Morgan fingerprint density at radius 3 is 2.64 bits per heavy atom. The summed E-state index contributed by atoms with van der Waals surface area (Å²) in [7, 11) is 0. The lowest BCUT2D eigenvalue weighted by Gasteiger charge is -2.11. The average molecular weight is 298 g/mol. The van der Waals surface area contributed by atoms with Crippen LogP contribution in [0, 0.1) is 6.92 Å². The Kier molecular flexibility index (Phi) is 5.08. The molecule has 0 saturated heterocycles. The summed E-state index contributed by atoms with van der Waals surface area (Å²) >= 11 is 0.